The van der Waals surface area contributed by atoms with Gasteiger partial charge < -0.3 is 14.6 Å². The zero-order chi connectivity index (χ0) is 22.0. The van der Waals surface area contributed by atoms with Crippen LogP contribution in [0.15, 0.2) is 23.8 Å². The molecule has 1 N–H and O–H groups in total. The summed E-state index contributed by atoms with van der Waals surface area (Å²) in [5, 5.41) is 9.70. The van der Waals surface area contributed by atoms with E-state index in [2.05, 4.69) is 20.4 Å². The summed E-state index contributed by atoms with van der Waals surface area (Å²) >= 11 is 0. The number of carbonyl (C=O) groups is 3. The number of carbonyl (C=O) groups excluding carboxylic acids is 2. The predicted octanol–water partition coefficient (Wildman–Crippen LogP) is 3.69. The number of hydrogen-bond donors (Lipinski definition) is 1. The van der Waals surface area contributed by atoms with Crippen LogP contribution in [0.25, 0.3) is 0 Å². The number of carboxylic acid groups (broad SMARTS) is 1. The third kappa shape index (κ3) is 2.83. The maximum absolute atomic E-state index is 13.4. The highest BCUT2D eigenvalue weighted by atomic mass is 16.6. The highest BCUT2D eigenvalue weighted by Crippen LogP contribution is 2.58. The number of ether oxygens (including phenoxy) is 2. The van der Waals surface area contributed by atoms with E-state index < -0.39 is 35.2 Å². The average molecular weight is 417 g/mol. The molecule has 3 saturated heterocycles. The summed E-state index contributed by atoms with van der Waals surface area (Å²) in [6.07, 6.45) is 4.42. The lowest BCUT2D eigenvalue weighted by Crippen LogP contribution is -2.61. The Bertz CT molecular complexity index is 843. The van der Waals surface area contributed by atoms with E-state index in [0.717, 1.165) is 19.3 Å². The Kier molecular flexibility index (Phi) is 5.00. The number of carboxylic acids is 1. The Morgan fingerprint density at radius 3 is 2.60 bits per heavy atom. The number of fused-ring (bicyclic) bond motifs is 1. The number of Topliss-reactive ketones (excluding diaryl/α,β-unsaturated/α-hetero) is 1. The first-order chi connectivity index (χ1) is 14.0. The lowest BCUT2D eigenvalue weighted by atomic mass is 9.61. The Balaban J connectivity index is 1.88. The minimum atomic E-state index is -1.43. The molecule has 4 aliphatic rings. The number of esters is 1. The van der Waals surface area contributed by atoms with Gasteiger partial charge in [0.05, 0.1) is 6.10 Å². The fourth-order valence-corrected chi connectivity index (χ4v) is 6.41. The number of rotatable bonds is 1. The molecule has 3 aliphatic heterocycles. The SMILES string of the molecule is C=C1C(=O)[C@]2(C)C(=O)O[C@@]34CC(C)C(C(=O)O)=CC3CCCC(C)CC(C)C1OC24. The van der Waals surface area contributed by atoms with Crippen LogP contribution >= 0.6 is 0 Å². The quantitative estimate of drug-likeness (QED) is 0.398. The molecular weight excluding hydrogens is 384 g/mol. The fraction of sp³-hybridized carbons (Fsp3) is 0.708. The van der Waals surface area contributed by atoms with Gasteiger partial charge in [0.2, 0.25) is 0 Å². The van der Waals surface area contributed by atoms with Gasteiger partial charge in [-0.15, -0.1) is 0 Å². The van der Waals surface area contributed by atoms with Crippen molar-refractivity contribution < 1.29 is 29.0 Å². The van der Waals surface area contributed by atoms with Crippen LogP contribution < -0.4 is 0 Å². The molecule has 6 unspecified atom stereocenters. The summed E-state index contributed by atoms with van der Waals surface area (Å²) in [6.45, 7) is 11.7. The minimum Gasteiger partial charge on any atom is -0.478 e. The molecular formula is C24H32O6. The Hall–Kier alpha value is -1.95. The first-order valence-corrected chi connectivity index (χ1v) is 11.1. The summed E-state index contributed by atoms with van der Waals surface area (Å²) in [5.74, 6) is -1.86. The maximum atomic E-state index is 13.4. The van der Waals surface area contributed by atoms with Crippen LogP contribution in [0.1, 0.15) is 59.8 Å². The van der Waals surface area contributed by atoms with Crippen LogP contribution in [0.3, 0.4) is 0 Å². The third-order valence-electron chi connectivity index (χ3n) is 7.98. The molecule has 2 bridgehead atoms. The smallest absolute Gasteiger partial charge is 0.331 e. The Morgan fingerprint density at radius 2 is 1.93 bits per heavy atom. The number of aliphatic carboxylic acids is 1. The van der Waals surface area contributed by atoms with Crippen molar-refractivity contribution in [2.24, 2.45) is 29.1 Å². The molecule has 6 nitrogen and oxygen atoms in total. The molecule has 1 aliphatic carbocycles. The van der Waals surface area contributed by atoms with Crippen molar-refractivity contribution in [3.63, 3.8) is 0 Å². The normalized spacial score (nSPS) is 46.4. The first-order valence-electron chi connectivity index (χ1n) is 11.1. The second-order valence-corrected chi connectivity index (χ2v) is 10.2. The monoisotopic (exact) mass is 416 g/mol. The van der Waals surface area contributed by atoms with Crippen molar-refractivity contribution >= 4 is 17.7 Å². The van der Waals surface area contributed by atoms with Crippen molar-refractivity contribution in [1.82, 2.24) is 0 Å². The summed E-state index contributed by atoms with van der Waals surface area (Å²) in [6, 6.07) is 0. The first kappa shape index (κ1) is 21.3. The second kappa shape index (κ2) is 7.04. The number of ketones is 1. The Morgan fingerprint density at radius 1 is 1.23 bits per heavy atom. The summed E-state index contributed by atoms with van der Waals surface area (Å²) in [5.41, 5.74) is -1.75. The van der Waals surface area contributed by atoms with Crippen molar-refractivity contribution in [3.05, 3.63) is 23.8 Å². The highest BCUT2D eigenvalue weighted by Gasteiger charge is 2.72. The zero-order valence-corrected chi connectivity index (χ0v) is 18.3. The Labute approximate surface area is 177 Å². The molecule has 164 valence electrons. The van der Waals surface area contributed by atoms with Gasteiger partial charge >= 0.3 is 11.9 Å². The van der Waals surface area contributed by atoms with Crippen LogP contribution in [0, 0.1) is 29.1 Å². The van der Waals surface area contributed by atoms with E-state index in [9.17, 15) is 19.5 Å². The maximum Gasteiger partial charge on any atom is 0.331 e. The topological polar surface area (TPSA) is 89.9 Å². The van der Waals surface area contributed by atoms with Crippen molar-refractivity contribution in [2.45, 2.75) is 77.6 Å². The largest absolute Gasteiger partial charge is 0.478 e. The van der Waals surface area contributed by atoms with Gasteiger partial charge in [-0.3, -0.25) is 9.59 Å². The lowest BCUT2D eigenvalue weighted by Gasteiger charge is -2.48. The molecule has 3 heterocycles. The van der Waals surface area contributed by atoms with E-state index in [1.54, 1.807) is 13.0 Å². The van der Waals surface area contributed by atoms with Gasteiger partial charge in [0.25, 0.3) is 0 Å². The van der Waals surface area contributed by atoms with E-state index >= 15 is 0 Å². The van der Waals surface area contributed by atoms with Crippen molar-refractivity contribution in [2.75, 3.05) is 0 Å². The molecule has 3 fully saturated rings. The molecule has 6 heteroatoms. The van der Waals surface area contributed by atoms with Crippen LogP contribution in [0.2, 0.25) is 0 Å². The fourth-order valence-electron chi connectivity index (χ4n) is 6.41. The van der Waals surface area contributed by atoms with E-state index in [1.165, 1.54) is 0 Å². The van der Waals surface area contributed by atoms with Gasteiger partial charge in [0.1, 0.15) is 11.7 Å². The third-order valence-corrected chi connectivity index (χ3v) is 7.98. The molecule has 0 radical (unpaired) electrons. The molecule has 1 spiro atoms. The molecule has 0 aromatic rings. The predicted molar refractivity (Wildman–Crippen MR) is 110 cm³/mol. The molecule has 4 rings (SSSR count). The van der Waals surface area contributed by atoms with Gasteiger partial charge in [-0.25, -0.2) is 4.79 Å². The minimum absolute atomic E-state index is 0.0939. The molecule has 0 aromatic carbocycles. The van der Waals surface area contributed by atoms with Gasteiger partial charge in [-0.2, -0.15) is 0 Å². The summed E-state index contributed by atoms with van der Waals surface area (Å²) in [4.78, 5) is 38.4. The average Bonchev–Trinajstić information content (AvgIpc) is 2.86. The van der Waals surface area contributed by atoms with Gasteiger partial charge in [-0.05, 0) is 43.9 Å². The molecule has 0 saturated carbocycles. The van der Waals surface area contributed by atoms with Crippen molar-refractivity contribution in [1.29, 1.82) is 0 Å². The van der Waals surface area contributed by atoms with Gasteiger partial charge in [-0.1, -0.05) is 46.3 Å². The summed E-state index contributed by atoms with van der Waals surface area (Å²) in [7, 11) is 0. The van der Waals surface area contributed by atoms with Gasteiger partial charge in [0.15, 0.2) is 11.2 Å². The highest BCUT2D eigenvalue weighted by molar-refractivity contribution is 6.14. The molecule has 8 atom stereocenters. The van der Waals surface area contributed by atoms with E-state index in [1.807, 2.05) is 6.92 Å². The summed E-state index contributed by atoms with van der Waals surface area (Å²) < 4.78 is 12.7. The lowest BCUT2D eigenvalue weighted by molar-refractivity contribution is -0.176. The molecule has 0 aromatic heterocycles. The van der Waals surface area contributed by atoms with E-state index in [4.69, 9.17) is 9.47 Å². The van der Waals surface area contributed by atoms with Crippen LogP contribution in [0.5, 0.6) is 0 Å². The van der Waals surface area contributed by atoms with Gasteiger partial charge in [0, 0.05) is 17.1 Å². The van der Waals surface area contributed by atoms with Crippen LogP contribution in [-0.2, 0) is 23.9 Å². The molecule has 0 amide bonds. The number of hydrogen-bond acceptors (Lipinski definition) is 5. The van der Waals surface area contributed by atoms with Crippen LogP contribution in [-0.4, -0.2) is 40.6 Å². The second-order valence-electron chi connectivity index (χ2n) is 10.2. The van der Waals surface area contributed by atoms with Crippen molar-refractivity contribution in [3.8, 4) is 0 Å². The van der Waals surface area contributed by atoms with Crippen LogP contribution in [0.4, 0.5) is 0 Å². The van der Waals surface area contributed by atoms with E-state index in [0.29, 0.717) is 29.9 Å². The standard InChI is InChI=1S/C24H32O6/c1-12-7-6-8-16-10-17(20(26)27)14(3)11-24(16)21-23(5,22(28)30-24)19(25)15(4)18(29-21)13(2)9-12/h10,12-14,16,18,21H,4,6-9,11H2,1-3,5H3,(H,26,27)/t12?,13?,14?,16?,18?,21?,23-,24-/m0/s1. The molecule has 30 heavy (non-hydrogen) atoms. The van der Waals surface area contributed by atoms with E-state index in [-0.39, 0.29) is 23.5 Å². The zero-order valence-electron chi connectivity index (χ0n) is 18.3.